The molecule has 1 aliphatic heterocycles. The highest BCUT2D eigenvalue weighted by molar-refractivity contribution is 5.66. The van der Waals surface area contributed by atoms with Crippen LogP contribution in [0.15, 0.2) is 48.5 Å². The maximum absolute atomic E-state index is 10.9. The first-order chi connectivity index (χ1) is 13.2. The SMILES string of the molecule is Cc1ccc2c(c1)C=CC(CCCCC(=O)O)(C(C)(C)c1ccccc1C)O2. The molecule has 0 saturated carbocycles. The Morgan fingerprint density at radius 3 is 2.57 bits per heavy atom. The number of carboxylic acid groups (broad SMARTS) is 1. The molecule has 1 unspecified atom stereocenters. The van der Waals surface area contributed by atoms with E-state index in [4.69, 9.17) is 9.84 Å². The van der Waals surface area contributed by atoms with Crippen molar-refractivity contribution in [2.75, 3.05) is 0 Å². The molecular formula is C25H30O3. The van der Waals surface area contributed by atoms with Crippen LogP contribution in [0, 0.1) is 13.8 Å². The summed E-state index contributed by atoms with van der Waals surface area (Å²) in [5.41, 5.74) is 4.00. The predicted molar refractivity (Wildman–Crippen MR) is 114 cm³/mol. The molecule has 0 bridgehead atoms. The van der Waals surface area contributed by atoms with Gasteiger partial charge < -0.3 is 9.84 Å². The number of hydrogen-bond acceptors (Lipinski definition) is 2. The Kier molecular flexibility index (Phi) is 5.64. The minimum absolute atomic E-state index is 0.195. The second-order valence-electron chi connectivity index (χ2n) is 8.41. The van der Waals surface area contributed by atoms with Gasteiger partial charge in [0.2, 0.25) is 0 Å². The van der Waals surface area contributed by atoms with Crippen LogP contribution in [0.5, 0.6) is 5.75 Å². The van der Waals surface area contributed by atoms with E-state index in [1.54, 1.807) is 0 Å². The molecular weight excluding hydrogens is 348 g/mol. The number of benzene rings is 2. The Hall–Kier alpha value is -2.55. The van der Waals surface area contributed by atoms with E-state index in [0.29, 0.717) is 6.42 Å². The lowest BCUT2D eigenvalue weighted by Crippen LogP contribution is -2.52. The van der Waals surface area contributed by atoms with Gasteiger partial charge in [-0.2, -0.15) is 0 Å². The molecule has 0 radical (unpaired) electrons. The van der Waals surface area contributed by atoms with E-state index in [1.807, 2.05) is 6.07 Å². The molecule has 0 fully saturated rings. The summed E-state index contributed by atoms with van der Waals surface area (Å²) in [5.74, 6) is 0.154. The van der Waals surface area contributed by atoms with Gasteiger partial charge in [-0.1, -0.05) is 55.8 Å². The lowest BCUT2D eigenvalue weighted by atomic mass is 9.65. The molecule has 3 heteroatoms. The van der Waals surface area contributed by atoms with E-state index >= 15 is 0 Å². The number of ether oxygens (including phenoxy) is 1. The summed E-state index contributed by atoms with van der Waals surface area (Å²) >= 11 is 0. The summed E-state index contributed by atoms with van der Waals surface area (Å²) in [6.07, 6.45) is 6.78. The highest BCUT2D eigenvalue weighted by Gasteiger charge is 2.48. The van der Waals surface area contributed by atoms with Crippen molar-refractivity contribution in [1.82, 2.24) is 0 Å². The van der Waals surface area contributed by atoms with Crippen molar-refractivity contribution in [3.05, 3.63) is 70.8 Å². The van der Waals surface area contributed by atoms with Crippen molar-refractivity contribution in [3.8, 4) is 5.75 Å². The van der Waals surface area contributed by atoms with Crippen LogP contribution in [0.25, 0.3) is 6.08 Å². The molecule has 0 saturated heterocycles. The third-order valence-electron chi connectivity index (χ3n) is 6.05. The first kappa shape index (κ1) is 20.2. The molecule has 2 aromatic rings. The Balaban J connectivity index is 2.00. The standard InChI is InChI=1S/C25H30O3/c1-18-12-13-22-20(17-18)14-16-25(28-22,15-8-7-11-23(26)27)24(3,4)21-10-6-5-9-19(21)2/h5-6,9-10,12-14,16-17H,7-8,11,15H2,1-4H3,(H,26,27). The van der Waals surface area contributed by atoms with Crippen LogP contribution in [-0.2, 0) is 10.2 Å². The average Bonchev–Trinajstić information content (AvgIpc) is 2.65. The van der Waals surface area contributed by atoms with Crippen LogP contribution in [0.3, 0.4) is 0 Å². The number of hydrogen-bond donors (Lipinski definition) is 1. The molecule has 28 heavy (non-hydrogen) atoms. The van der Waals surface area contributed by atoms with Gasteiger partial charge in [0, 0.05) is 17.4 Å². The van der Waals surface area contributed by atoms with Gasteiger partial charge in [0.05, 0.1) is 0 Å². The minimum Gasteiger partial charge on any atom is -0.482 e. The molecule has 1 heterocycles. The lowest BCUT2D eigenvalue weighted by molar-refractivity contribution is -0.137. The number of aryl methyl sites for hydroxylation is 2. The fourth-order valence-corrected chi connectivity index (χ4v) is 4.29. The van der Waals surface area contributed by atoms with Gasteiger partial charge in [0.25, 0.3) is 0 Å². The molecule has 0 spiro atoms. The topological polar surface area (TPSA) is 46.5 Å². The summed E-state index contributed by atoms with van der Waals surface area (Å²) in [7, 11) is 0. The summed E-state index contributed by atoms with van der Waals surface area (Å²) in [4.78, 5) is 10.9. The van der Waals surface area contributed by atoms with Crippen LogP contribution in [0.4, 0.5) is 0 Å². The van der Waals surface area contributed by atoms with Crippen molar-refractivity contribution < 1.29 is 14.6 Å². The fraction of sp³-hybridized carbons (Fsp3) is 0.400. The predicted octanol–water partition coefficient (Wildman–Crippen LogP) is 6.07. The van der Waals surface area contributed by atoms with Gasteiger partial charge in [0.15, 0.2) is 0 Å². The van der Waals surface area contributed by atoms with Gasteiger partial charge in [-0.25, -0.2) is 0 Å². The number of carboxylic acids is 1. The normalized spacial score (nSPS) is 18.4. The van der Waals surface area contributed by atoms with Crippen molar-refractivity contribution in [2.45, 2.75) is 64.4 Å². The van der Waals surface area contributed by atoms with Crippen LogP contribution < -0.4 is 4.74 Å². The number of carbonyl (C=O) groups is 1. The zero-order valence-electron chi connectivity index (χ0n) is 17.3. The zero-order valence-corrected chi connectivity index (χ0v) is 17.3. The first-order valence-electron chi connectivity index (χ1n) is 10.0. The van der Waals surface area contributed by atoms with Crippen molar-refractivity contribution >= 4 is 12.0 Å². The molecule has 1 atom stereocenters. The van der Waals surface area contributed by atoms with Gasteiger partial charge in [0.1, 0.15) is 11.4 Å². The maximum Gasteiger partial charge on any atom is 0.303 e. The number of rotatable bonds is 7. The third-order valence-corrected chi connectivity index (χ3v) is 6.05. The lowest BCUT2D eigenvalue weighted by Gasteiger charge is -2.47. The quantitative estimate of drug-likeness (QED) is 0.595. The molecule has 148 valence electrons. The van der Waals surface area contributed by atoms with Crippen LogP contribution in [-0.4, -0.2) is 16.7 Å². The van der Waals surface area contributed by atoms with Crippen molar-refractivity contribution in [2.24, 2.45) is 0 Å². The smallest absolute Gasteiger partial charge is 0.303 e. The number of unbranched alkanes of at least 4 members (excludes halogenated alkanes) is 1. The maximum atomic E-state index is 10.9. The summed E-state index contributed by atoms with van der Waals surface area (Å²) in [6, 6.07) is 14.7. The molecule has 2 aromatic carbocycles. The number of fused-ring (bicyclic) bond motifs is 1. The fourth-order valence-electron chi connectivity index (χ4n) is 4.29. The van der Waals surface area contributed by atoms with E-state index in [0.717, 1.165) is 24.2 Å². The molecule has 0 aliphatic carbocycles. The Morgan fingerprint density at radius 1 is 1.11 bits per heavy atom. The molecule has 0 aromatic heterocycles. The van der Waals surface area contributed by atoms with E-state index in [1.165, 1.54) is 16.7 Å². The monoisotopic (exact) mass is 378 g/mol. The van der Waals surface area contributed by atoms with Crippen molar-refractivity contribution in [3.63, 3.8) is 0 Å². The Bertz CT molecular complexity index is 894. The van der Waals surface area contributed by atoms with Crippen molar-refractivity contribution in [1.29, 1.82) is 0 Å². The molecule has 1 N–H and O–H groups in total. The highest BCUT2D eigenvalue weighted by atomic mass is 16.5. The first-order valence-corrected chi connectivity index (χ1v) is 10.0. The van der Waals surface area contributed by atoms with Gasteiger partial charge in [-0.15, -0.1) is 0 Å². The van der Waals surface area contributed by atoms with E-state index < -0.39 is 11.6 Å². The minimum atomic E-state index is -0.742. The summed E-state index contributed by atoms with van der Waals surface area (Å²) in [6.45, 7) is 8.68. The largest absolute Gasteiger partial charge is 0.482 e. The Morgan fingerprint density at radius 2 is 1.86 bits per heavy atom. The van der Waals surface area contributed by atoms with E-state index in [9.17, 15) is 4.79 Å². The second kappa shape index (κ2) is 7.83. The van der Waals surface area contributed by atoms with Gasteiger partial charge in [-0.05, 0) is 62.4 Å². The van der Waals surface area contributed by atoms with E-state index in [2.05, 4.69) is 76.2 Å². The third kappa shape index (κ3) is 3.84. The second-order valence-corrected chi connectivity index (χ2v) is 8.41. The zero-order chi connectivity index (χ0) is 20.4. The van der Waals surface area contributed by atoms with E-state index in [-0.39, 0.29) is 11.8 Å². The van der Waals surface area contributed by atoms with Gasteiger partial charge in [-0.3, -0.25) is 4.79 Å². The molecule has 0 amide bonds. The van der Waals surface area contributed by atoms with Crippen LogP contribution in [0.2, 0.25) is 0 Å². The molecule has 3 rings (SSSR count). The van der Waals surface area contributed by atoms with Crippen LogP contribution >= 0.6 is 0 Å². The molecule has 3 nitrogen and oxygen atoms in total. The Labute approximate surface area is 168 Å². The van der Waals surface area contributed by atoms with Gasteiger partial charge >= 0.3 is 5.97 Å². The summed E-state index contributed by atoms with van der Waals surface area (Å²) < 4.78 is 6.72. The highest BCUT2D eigenvalue weighted by Crippen LogP contribution is 2.47. The number of aliphatic carboxylic acids is 1. The van der Waals surface area contributed by atoms with Crippen LogP contribution in [0.1, 0.15) is 61.8 Å². The average molecular weight is 379 g/mol. The molecule has 1 aliphatic rings. The summed E-state index contributed by atoms with van der Waals surface area (Å²) in [5, 5.41) is 9.00.